The minimum Gasteiger partial charge on any atom is -0.390 e. The average Bonchev–Trinajstić information content (AvgIpc) is 3.60. The summed E-state index contributed by atoms with van der Waals surface area (Å²) in [6.07, 6.45) is -1.08. The number of carbonyl (C=O) groups is 2. The summed E-state index contributed by atoms with van der Waals surface area (Å²) in [5.41, 5.74) is 1.66. The molecule has 3 atom stereocenters. The van der Waals surface area contributed by atoms with E-state index in [-0.39, 0.29) is 47.8 Å². The van der Waals surface area contributed by atoms with Crippen molar-refractivity contribution in [2.75, 3.05) is 26.2 Å². The van der Waals surface area contributed by atoms with E-state index in [0.717, 1.165) is 16.3 Å². The van der Waals surface area contributed by atoms with Gasteiger partial charge < -0.3 is 20.2 Å². The van der Waals surface area contributed by atoms with Crippen molar-refractivity contribution in [1.29, 1.82) is 5.26 Å². The standard InChI is InChI=1S/C34H44N6O5S2/c1-23(2)19-39(47(44,45)31-14-10-9-13-27(31)18-35)21-30(41)29(17-26-11-7-6-8-12-26)37-33(42)32(24(3)4)40-16-15-38(34(40)43)20-28-22-46-25(5)36-28/h6-14,22-24,29-30,32,41H,15-17,19-21H2,1-5H3,(H,37,42)/t29-,30-,32-/m0/s1. The molecule has 1 saturated heterocycles. The number of aryl methyl sites for hydroxylation is 1. The van der Waals surface area contributed by atoms with E-state index < -0.39 is 34.1 Å². The lowest BCUT2D eigenvalue weighted by Crippen LogP contribution is -2.57. The van der Waals surface area contributed by atoms with Crippen LogP contribution in [0.15, 0.2) is 64.9 Å². The highest BCUT2D eigenvalue weighted by Gasteiger charge is 2.40. The number of aliphatic hydroxyl groups is 1. The number of hydrogen-bond donors (Lipinski definition) is 2. The van der Waals surface area contributed by atoms with Gasteiger partial charge in [-0.3, -0.25) is 4.79 Å². The number of aliphatic hydroxyl groups excluding tert-OH is 1. The van der Waals surface area contributed by atoms with Crippen LogP contribution in [0.1, 0.15) is 49.5 Å². The van der Waals surface area contributed by atoms with Crippen LogP contribution in [-0.4, -0.2) is 88.9 Å². The lowest BCUT2D eigenvalue weighted by atomic mass is 9.97. The second-order valence-corrected chi connectivity index (χ2v) is 15.6. The highest BCUT2D eigenvalue weighted by atomic mass is 32.2. The van der Waals surface area contributed by atoms with E-state index in [1.165, 1.54) is 27.8 Å². The number of nitriles is 1. The summed E-state index contributed by atoms with van der Waals surface area (Å²) in [7, 11) is -4.17. The van der Waals surface area contributed by atoms with Crippen molar-refractivity contribution in [3.05, 3.63) is 81.8 Å². The van der Waals surface area contributed by atoms with Crippen molar-refractivity contribution in [2.24, 2.45) is 11.8 Å². The molecule has 0 bridgehead atoms. The van der Waals surface area contributed by atoms with Gasteiger partial charge in [-0.2, -0.15) is 9.57 Å². The van der Waals surface area contributed by atoms with Crippen LogP contribution in [0.2, 0.25) is 0 Å². The minimum absolute atomic E-state index is 0.0129. The molecule has 11 nitrogen and oxygen atoms in total. The summed E-state index contributed by atoms with van der Waals surface area (Å²) >= 11 is 1.52. The molecule has 1 aliphatic heterocycles. The zero-order chi connectivity index (χ0) is 34.3. The fourth-order valence-corrected chi connectivity index (χ4v) is 8.21. The zero-order valence-electron chi connectivity index (χ0n) is 27.5. The number of benzene rings is 2. The normalized spacial score (nSPS) is 15.7. The van der Waals surface area contributed by atoms with Crippen LogP contribution >= 0.6 is 11.3 Å². The van der Waals surface area contributed by atoms with Gasteiger partial charge in [0.2, 0.25) is 15.9 Å². The molecule has 252 valence electrons. The minimum atomic E-state index is -4.17. The largest absolute Gasteiger partial charge is 0.390 e. The Morgan fingerprint density at radius 3 is 2.38 bits per heavy atom. The number of amides is 3. The van der Waals surface area contributed by atoms with E-state index in [9.17, 15) is 28.4 Å². The van der Waals surface area contributed by atoms with E-state index in [2.05, 4.69) is 10.3 Å². The van der Waals surface area contributed by atoms with Crippen LogP contribution in [0.3, 0.4) is 0 Å². The van der Waals surface area contributed by atoms with Gasteiger partial charge in [0.25, 0.3) is 0 Å². The number of thiazole rings is 1. The molecule has 0 saturated carbocycles. The van der Waals surface area contributed by atoms with E-state index in [1.54, 1.807) is 21.9 Å². The van der Waals surface area contributed by atoms with Crippen LogP contribution in [0.4, 0.5) is 4.79 Å². The van der Waals surface area contributed by atoms with E-state index in [1.807, 2.05) is 76.4 Å². The summed E-state index contributed by atoms with van der Waals surface area (Å²) in [4.78, 5) is 35.2. The first-order valence-corrected chi connectivity index (χ1v) is 18.1. The third-order valence-corrected chi connectivity index (χ3v) is 10.8. The first kappa shape index (κ1) is 36.0. The van der Waals surface area contributed by atoms with E-state index >= 15 is 0 Å². The highest BCUT2D eigenvalue weighted by Crippen LogP contribution is 2.24. The van der Waals surface area contributed by atoms with Gasteiger partial charge in [0, 0.05) is 31.6 Å². The van der Waals surface area contributed by atoms with Crippen molar-refractivity contribution >= 4 is 33.3 Å². The third kappa shape index (κ3) is 8.96. The summed E-state index contributed by atoms with van der Waals surface area (Å²) in [5, 5.41) is 27.2. The van der Waals surface area contributed by atoms with Crippen LogP contribution < -0.4 is 5.32 Å². The average molecular weight is 681 g/mol. The van der Waals surface area contributed by atoms with Crippen LogP contribution in [0, 0.1) is 30.1 Å². The molecule has 0 unspecified atom stereocenters. The highest BCUT2D eigenvalue weighted by molar-refractivity contribution is 7.89. The Morgan fingerprint density at radius 1 is 1.09 bits per heavy atom. The van der Waals surface area contributed by atoms with Crippen molar-refractivity contribution in [1.82, 2.24) is 24.4 Å². The summed E-state index contributed by atoms with van der Waals surface area (Å²) < 4.78 is 28.9. The van der Waals surface area contributed by atoms with Crippen LogP contribution in [0.25, 0.3) is 0 Å². The van der Waals surface area contributed by atoms with Crippen molar-refractivity contribution in [3.8, 4) is 6.07 Å². The molecular weight excluding hydrogens is 637 g/mol. The summed E-state index contributed by atoms with van der Waals surface area (Å²) in [6.45, 7) is 10.3. The molecule has 0 spiro atoms. The van der Waals surface area contributed by atoms with E-state index in [4.69, 9.17) is 0 Å². The predicted octanol–water partition coefficient (Wildman–Crippen LogP) is 4.02. The Kier molecular flexibility index (Phi) is 12.1. The number of aromatic nitrogens is 1. The summed E-state index contributed by atoms with van der Waals surface area (Å²) in [5.74, 6) is -0.751. The van der Waals surface area contributed by atoms with E-state index in [0.29, 0.717) is 19.6 Å². The van der Waals surface area contributed by atoms with Gasteiger partial charge in [0.15, 0.2) is 0 Å². The monoisotopic (exact) mass is 680 g/mol. The zero-order valence-corrected chi connectivity index (χ0v) is 29.2. The Bertz CT molecular complexity index is 1670. The van der Waals surface area contributed by atoms with Gasteiger partial charge in [-0.1, -0.05) is 70.2 Å². The van der Waals surface area contributed by atoms with Crippen molar-refractivity contribution in [2.45, 2.75) is 70.7 Å². The third-order valence-electron chi connectivity index (χ3n) is 8.06. The van der Waals surface area contributed by atoms with Crippen LogP contribution in [0.5, 0.6) is 0 Å². The number of hydrogen-bond acceptors (Lipinski definition) is 8. The number of nitrogens with zero attached hydrogens (tertiary/aromatic N) is 5. The molecule has 2 heterocycles. The lowest BCUT2D eigenvalue weighted by molar-refractivity contribution is -0.128. The maximum absolute atomic E-state index is 14.0. The van der Waals surface area contributed by atoms with Gasteiger partial charge in [-0.15, -0.1) is 11.3 Å². The molecule has 47 heavy (non-hydrogen) atoms. The maximum atomic E-state index is 14.0. The summed E-state index contributed by atoms with van der Waals surface area (Å²) in [6, 6.07) is 15.3. The molecule has 1 aliphatic rings. The Balaban J connectivity index is 1.59. The number of carbonyl (C=O) groups excluding carboxylic acids is 2. The Hall–Kier alpha value is -3.83. The second-order valence-electron chi connectivity index (χ2n) is 12.6. The quantitative estimate of drug-likeness (QED) is 0.247. The Morgan fingerprint density at radius 2 is 1.77 bits per heavy atom. The molecule has 2 aromatic carbocycles. The fraction of sp³-hybridized carbons (Fsp3) is 0.471. The number of nitrogens with one attached hydrogen (secondary N) is 1. The molecule has 3 aromatic rings. The molecule has 0 radical (unpaired) electrons. The van der Waals surface area contributed by atoms with Gasteiger partial charge >= 0.3 is 6.03 Å². The molecule has 0 aliphatic carbocycles. The first-order valence-electron chi connectivity index (χ1n) is 15.8. The molecule has 3 amide bonds. The smallest absolute Gasteiger partial charge is 0.321 e. The van der Waals surface area contributed by atoms with Crippen LogP contribution in [-0.2, 0) is 27.8 Å². The molecule has 13 heteroatoms. The number of urea groups is 1. The fourth-order valence-electron chi connectivity index (χ4n) is 5.84. The first-order chi connectivity index (χ1) is 22.3. The number of rotatable bonds is 15. The lowest BCUT2D eigenvalue weighted by Gasteiger charge is -2.34. The van der Waals surface area contributed by atoms with Gasteiger partial charge in [-0.25, -0.2) is 18.2 Å². The van der Waals surface area contributed by atoms with Crippen molar-refractivity contribution < 1.29 is 23.1 Å². The SMILES string of the molecule is Cc1nc(CN2CCN([C@H](C(=O)N[C@@H](Cc3ccccc3)[C@@H](O)CN(CC(C)C)S(=O)(=O)c3ccccc3C#N)C(C)C)C2=O)cs1. The predicted molar refractivity (Wildman–Crippen MR) is 181 cm³/mol. The van der Waals surface area contributed by atoms with Gasteiger partial charge in [-0.05, 0) is 42.9 Å². The topological polar surface area (TPSA) is 147 Å². The molecule has 4 rings (SSSR count). The molecule has 2 N–H and O–H groups in total. The van der Waals surface area contributed by atoms with Gasteiger partial charge in [0.1, 0.15) is 12.1 Å². The maximum Gasteiger partial charge on any atom is 0.321 e. The second kappa shape index (κ2) is 15.8. The molecule has 1 aromatic heterocycles. The Labute approximate surface area is 281 Å². The van der Waals surface area contributed by atoms with Gasteiger partial charge in [0.05, 0.1) is 39.9 Å². The van der Waals surface area contributed by atoms with Crippen molar-refractivity contribution in [3.63, 3.8) is 0 Å². The molecular formula is C34H44N6O5S2. The number of sulfonamides is 1. The molecule has 1 fully saturated rings.